The number of carbonyl (C=O) groups excluding carboxylic acids is 2. The Balaban J connectivity index is 1.85. The van der Waals surface area contributed by atoms with Crippen molar-refractivity contribution in [2.75, 3.05) is 12.4 Å². The van der Waals surface area contributed by atoms with E-state index in [9.17, 15) is 9.59 Å². The second-order valence-electron chi connectivity index (χ2n) is 4.42. The third kappa shape index (κ3) is 4.79. The van der Waals surface area contributed by atoms with Crippen molar-refractivity contribution in [3.8, 4) is 5.75 Å². The number of methoxy groups -OCH3 is 1. The fourth-order valence-electron chi connectivity index (χ4n) is 1.73. The van der Waals surface area contributed by atoms with E-state index < -0.39 is 11.9 Å². The zero-order valence-electron chi connectivity index (χ0n) is 12.1. The zero-order chi connectivity index (χ0) is 15.8. The van der Waals surface area contributed by atoms with E-state index in [1.54, 1.807) is 37.5 Å². The van der Waals surface area contributed by atoms with Crippen LogP contribution in [-0.4, -0.2) is 19.0 Å². The topological polar surface area (TPSA) is 67.4 Å². The molecule has 112 valence electrons. The summed E-state index contributed by atoms with van der Waals surface area (Å²) in [6.45, 7) is 0. The van der Waals surface area contributed by atoms with Crippen LogP contribution in [0.5, 0.6) is 5.75 Å². The standard InChI is InChI=1S/C17H16N2O3/c1-22-15-10-8-14(9-11-15)18-17(21)19-16(20)12-7-13-5-3-2-4-6-13/h2-12H,1H3,(H2,18,19,20,21). The molecule has 2 aromatic carbocycles. The Labute approximate surface area is 128 Å². The molecule has 0 aliphatic carbocycles. The third-order valence-electron chi connectivity index (χ3n) is 2.81. The van der Waals surface area contributed by atoms with Gasteiger partial charge < -0.3 is 10.1 Å². The van der Waals surface area contributed by atoms with Crippen LogP contribution in [0.2, 0.25) is 0 Å². The first-order valence-electron chi connectivity index (χ1n) is 6.66. The molecule has 0 fully saturated rings. The average Bonchev–Trinajstić information content (AvgIpc) is 2.54. The average molecular weight is 296 g/mol. The summed E-state index contributed by atoms with van der Waals surface area (Å²) in [6, 6.07) is 15.6. The number of imide groups is 1. The predicted octanol–water partition coefficient (Wildman–Crippen LogP) is 3.06. The summed E-state index contributed by atoms with van der Waals surface area (Å²) in [5.74, 6) is 0.197. The van der Waals surface area contributed by atoms with Gasteiger partial charge in [0.25, 0.3) is 5.91 Å². The van der Waals surface area contributed by atoms with Gasteiger partial charge in [-0.2, -0.15) is 0 Å². The Hall–Kier alpha value is -3.08. The van der Waals surface area contributed by atoms with Crippen molar-refractivity contribution >= 4 is 23.7 Å². The summed E-state index contributed by atoms with van der Waals surface area (Å²) in [5, 5.41) is 4.78. The monoisotopic (exact) mass is 296 g/mol. The van der Waals surface area contributed by atoms with Gasteiger partial charge in [0.2, 0.25) is 0 Å². The molecule has 0 aliphatic heterocycles. The van der Waals surface area contributed by atoms with Gasteiger partial charge in [-0.25, -0.2) is 4.79 Å². The number of amides is 3. The van der Waals surface area contributed by atoms with Gasteiger partial charge in [-0.1, -0.05) is 30.3 Å². The molecule has 5 heteroatoms. The van der Waals surface area contributed by atoms with Crippen LogP contribution < -0.4 is 15.4 Å². The summed E-state index contributed by atoms with van der Waals surface area (Å²) >= 11 is 0. The Morgan fingerprint density at radius 2 is 1.68 bits per heavy atom. The zero-order valence-corrected chi connectivity index (χ0v) is 12.1. The molecule has 3 amide bonds. The quantitative estimate of drug-likeness (QED) is 0.852. The lowest BCUT2D eigenvalue weighted by Gasteiger charge is -2.06. The minimum absolute atomic E-state index is 0.491. The Kier molecular flexibility index (Phi) is 5.31. The number of urea groups is 1. The van der Waals surface area contributed by atoms with Gasteiger partial charge in [0.1, 0.15) is 5.75 Å². The lowest BCUT2D eigenvalue weighted by molar-refractivity contribution is -0.115. The SMILES string of the molecule is COc1ccc(NC(=O)NC(=O)C=Cc2ccccc2)cc1. The second kappa shape index (κ2) is 7.64. The Bertz CT molecular complexity index is 664. The van der Waals surface area contributed by atoms with Gasteiger partial charge in [0.15, 0.2) is 0 Å². The van der Waals surface area contributed by atoms with Crippen molar-refractivity contribution in [1.82, 2.24) is 5.32 Å². The van der Waals surface area contributed by atoms with E-state index in [4.69, 9.17) is 4.74 Å². The lowest BCUT2D eigenvalue weighted by atomic mass is 10.2. The van der Waals surface area contributed by atoms with E-state index in [1.807, 2.05) is 30.3 Å². The smallest absolute Gasteiger partial charge is 0.326 e. The summed E-state index contributed by atoms with van der Waals surface area (Å²) in [4.78, 5) is 23.3. The minimum atomic E-state index is -0.590. The molecule has 0 heterocycles. The molecule has 0 aromatic heterocycles. The van der Waals surface area contributed by atoms with Crippen molar-refractivity contribution in [2.45, 2.75) is 0 Å². The maximum atomic E-state index is 11.7. The number of benzene rings is 2. The highest BCUT2D eigenvalue weighted by Crippen LogP contribution is 2.14. The number of hydrogen-bond donors (Lipinski definition) is 2. The van der Waals surface area contributed by atoms with Crippen LogP contribution in [0.15, 0.2) is 60.7 Å². The Morgan fingerprint density at radius 3 is 2.32 bits per heavy atom. The van der Waals surface area contributed by atoms with E-state index in [0.29, 0.717) is 11.4 Å². The van der Waals surface area contributed by atoms with Gasteiger partial charge >= 0.3 is 6.03 Å². The highest BCUT2D eigenvalue weighted by molar-refractivity contribution is 6.06. The predicted molar refractivity (Wildman–Crippen MR) is 85.6 cm³/mol. The van der Waals surface area contributed by atoms with Crippen molar-refractivity contribution in [3.05, 3.63) is 66.2 Å². The fourth-order valence-corrected chi connectivity index (χ4v) is 1.73. The first-order valence-corrected chi connectivity index (χ1v) is 6.66. The molecule has 2 N–H and O–H groups in total. The summed E-state index contributed by atoms with van der Waals surface area (Å²) < 4.78 is 5.02. The molecule has 0 saturated carbocycles. The van der Waals surface area contributed by atoms with Crippen LogP contribution >= 0.6 is 0 Å². The largest absolute Gasteiger partial charge is 0.497 e. The summed E-state index contributed by atoms with van der Waals surface area (Å²) in [7, 11) is 1.56. The number of ether oxygens (including phenoxy) is 1. The third-order valence-corrected chi connectivity index (χ3v) is 2.81. The minimum Gasteiger partial charge on any atom is -0.497 e. The first-order chi connectivity index (χ1) is 10.7. The summed E-state index contributed by atoms with van der Waals surface area (Å²) in [6.07, 6.45) is 2.94. The van der Waals surface area contributed by atoms with Crippen molar-refractivity contribution < 1.29 is 14.3 Å². The first kappa shape index (κ1) is 15.3. The maximum Gasteiger partial charge on any atom is 0.326 e. The maximum absolute atomic E-state index is 11.7. The van der Waals surface area contributed by atoms with Crippen LogP contribution in [0.25, 0.3) is 6.08 Å². The highest BCUT2D eigenvalue weighted by Gasteiger charge is 2.05. The fraction of sp³-hybridized carbons (Fsp3) is 0.0588. The Morgan fingerprint density at radius 1 is 1.00 bits per heavy atom. The normalized spacial score (nSPS) is 10.2. The molecule has 0 atom stereocenters. The van der Waals surface area contributed by atoms with E-state index in [0.717, 1.165) is 5.56 Å². The molecule has 0 spiro atoms. The lowest BCUT2D eigenvalue weighted by Crippen LogP contribution is -2.33. The number of nitrogens with one attached hydrogen (secondary N) is 2. The molecule has 22 heavy (non-hydrogen) atoms. The van der Waals surface area contributed by atoms with Gasteiger partial charge in [-0.15, -0.1) is 0 Å². The van der Waals surface area contributed by atoms with E-state index in [2.05, 4.69) is 10.6 Å². The van der Waals surface area contributed by atoms with Crippen LogP contribution in [0.4, 0.5) is 10.5 Å². The molecular weight excluding hydrogens is 280 g/mol. The molecule has 2 rings (SSSR count). The number of rotatable bonds is 4. The van der Waals surface area contributed by atoms with Gasteiger partial charge in [0.05, 0.1) is 7.11 Å². The molecule has 2 aromatic rings. The molecule has 5 nitrogen and oxygen atoms in total. The van der Waals surface area contributed by atoms with Crippen LogP contribution in [0.3, 0.4) is 0 Å². The van der Waals surface area contributed by atoms with Gasteiger partial charge in [-0.05, 0) is 35.9 Å². The molecule has 0 unspecified atom stereocenters. The molecule has 0 saturated heterocycles. The number of hydrogen-bond acceptors (Lipinski definition) is 3. The van der Waals surface area contributed by atoms with E-state index in [-0.39, 0.29) is 0 Å². The molecule has 0 aliphatic rings. The van der Waals surface area contributed by atoms with Crippen molar-refractivity contribution in [2.24, 2.45) is 0 Å². The number of carbonyl (C=O) groups is 2. The van der Waals surface area contributed by atoms with Crippen LogP contribution in [0, 0.1) is 0 Å². The van der Waals surface area contributed by atoms with Crippen LogP contribution in [-0.2, 0) is 4.79 Å². The van der Waals surface area contributed by atoms with E-state index in [1.165, 1.54) is 6.08 Å². The number of anilines is 1. The van der Waals surface area contributed by atoms with Gasteiger partial charge in [0, 0.05) is 11.8 Å². The van der Waals surface area contributed by atoms with Gasteiger partial charge in [-0.3, -0.25) is 10.1 Å². The van der Waals surface area contributed by atoms with Crippen LogP contribution in [0.1, 0.15) is 5.56 Å². The molecular formula is C17H16N2O3. The van der Waals surface area contributed by atoms with Crippen molar-refractivity contribution in [1.29, 1.82) is 0 Å². The molecule has 0 bridgehead atoms. The highest BCUT2D eigenvalue weighted by atomic mass is 16.5. The summed E-state index contributed by atoms with van der Waals surface area (Å²) in [5.41, 5.74) is 1.45. The van der Waals surface area contributed by atoms with E-state index >= 15 is 0 Å². The molecule has 0 radical (unpaired) electrons. The van der Waals surface area contributed by atoms with Crippen molar-refractivity contribution in [3.63, 3.8) is 0 Å². The second-order valence-corrected chi connectivity index (χ2v) is 4.42.